The lowest BCUT2D eigenvalue weighted by Gasteiger charge is -2.16. The average Bonchev–Trinajstić information content (AvgIpc) is 3.08. The van der Waals surface area contributed by atoms with Gasteiger partial charge in [0.15, 0.2) is 5.65 Å². The fourth-order valence-corrected chi connectivity index (χ4v) is 4.34. The molecule has 0 radical (unpaired) electrons. The maximum atomic E-state index is 6.38. The monoisotopic (exact) mass is 312 g/mol. The molecule has 2 atom stereocenters. The molecule has 110 valence electrons. The molecule has 0 saturated carbocycles. The second-order valence-electron chi connectivity index (χ2n) is 5.47. The lowest BCUT2D eigenvalue weighted by Crippen LogP contribution is -2.14. The molecule has 0 spiro atoms. The topological polar surface area (TPSA) is 35.6 Å². The van der Waals surface area contributed by atoms with Crippen molar-refractivity contribution in [3.05, 3.63) is 11.5 Å². The first-order valence-electron chi connectivity index (χ1n) is 7.29. The van der Waals surface area contributed by atoms with E-state index in [0.717, 1.165) is 41.3 Å². The quantitative estimate of drug-likeness (QED) is 0.808. The van der Waals surface area contributed by atoms with E-state index in [-0.39, 0.29) is 5.38 Å². The molecule has 6 heteroatoms. The largest absolute Gasteiger partial charge is 0.308 e. The Morgan fingerprint density at radius 2 is 2.30 bits per heavy atom. The summed E-state index contributed by atoms with van der Waals surface area (Å²) in [5.41, 5.74) is 3.30. The summed E-state index contributed by atoms with van der Waals surface area (Å²) in [6.45, 7) is 4.19. The van der Waals surface area contributed by atoms with E-state index in [1.165, 1.54) is 12.2 Å². The van der Waals surface area contributed by atoms with E-state index in [4.69, 9.17) is 16.6 Å². The maximum Gasteiger partial charge on any atom is 0.159 e. The van der Waals surface area contributed by atoms with Crippen LogP contribution < -0.4 is 0 Å². The molecule has 2 unspecified atom stereocenters. The Hall–Kier alpha value is -0.680. The molecule has 0 aliphatic carbocycles. The fraction of sp³-hybridized carbons (Fsp3) is 0.714. The molecule has 2 aromatic rings. The lowest BCUT2D eigenvalue weighted by molar-refractivity contribution is 0.534. The van der Waals surface area contributed by atoms with Crippen molar-refractivity contribution in [2.45, 2.75) is 44.5 Å². The third kappa shape index (κ3) is 2.25. The van der Waals surface area contributed by atoms with Gasteiger partial charge >= 0.3 is 0 Å². The van der Waals surface area contributed by atoms with Gasteiger partial charge < -0.3 is 4.57 Å². The molecule has 1 aliphatic heterocycles. The molecule has 20 heavy (non-hydrogen) atoms. The Morgan fingerprint density at radius 3 is 2.90 bits per heavy atom. The van der Waals surface area contributed by atoms with Gasteiger partial charge in [0, 0.05) is 18.8 Å². The second-order valence-corrected chi connectivity index (χ2v) is 7.27. The molecule has 0 N–H and O–H groups in total. The minimum Gasteiger partial charge on any atom is -0.308 e. The summed E-state index contributed by atoms with van der Waals surface area (Å²) in [5.74, 6) is 3.37. The first-order chi connectivity index (χ1) is 9.63. The van der Waals surface area contributed by atoms with Gasteiger partial charge in [-0.1, -0.05) is 13.3 Å². The molecule has 1 saturated heterocycles. The number of imidazole rings is 1. The van der Waals surface area contributed by atoms with Crippen molar-refractivity contribution in [1.29, 1.82) is 0 Å². The molecule has 3 rings (SSSR count). The summed E-state index contributed by atoms with van der Waals surface area (Å²) in [5, 5.41) is 4.59. The number of alkyl halides is 1. The maximum absolute atomic E-state index is 6.38. The van der Waals surface area contributed by atoms with Crippen molar-refractivity contribution >= 4 is 34.5 Å². The normalized spacial score (nSPS) is 20.9. The van der Waals surface area contributed by atoms with Gasteiger partial charge in [0.05, 0.1) is 11.1 Å². The van der Waals surface area contributed by atoms with E-state index in [0.29, 0.717) is 6.04 Å². The lowest BCUT2D eigenvalue weighted by atomic mass is 10.2. The van der Waals surface area contributed by atoms with E-state index in [2.05, 4.69) is 16.6 Å². The predicted octanol–water partition coefficient (Wildman–Crippen LogP) is 3.70. The van der Waals surface area contributed by atoms with Gasteiger partial charge in [-0.2, -0.15) is 16.9 Å². The van der Waals surface area contributed by atoms with Crippen LogP contribution in [-0.2, 0) is 13.5 Å². The van der Waals surface area contributed by atoms with Gasteiger partial charge in [-0.25, -0.2) is 4.98 Å². The molecule has 2 aromatic heterocycles. The molecule has 0 aromatic carbocycles. The van der Waals surface area contributed by atoms with Crippen molar-refractivity contribution in [2.75, 3.05) is 11.5 Å². The van der Waals surface area contributed by atoms with Crippen LogP contribution in [0.3, 0.4) is 0 Å². The number of nitrogens with zero attached hydrogens (tertiary/aromatic N) is 4. The van der Waals surface area contributed by atoms with Crippen LogP contribution in [0.4, 0.5) is 0 Å². The standard InChI is InChI=1S/C14H21ClN4S/c1-4-5-11-12-14(18(3)17-11)19(10-6-7-20-8-10)13(16-12)9(2)15/h9-10H,4-8H2,1-3H3. The third-order valence-corrected chi connectivity index (χ3v) is 5.22. The second kappa shape index (κ2) is 5.60. The van der Waals surface area contributed by atoms with Crippen LogP contribution in [0.2, 0.25) is 0 Å². The summed E-state index contributed by atoms with van der Waals surface area (Å²) in [4.78, 5) is 4.83. The van der Waals surface area contributed by atoms with Crippen LogP contribution in [-0.4, -0.2) is 30.8 Å². The first-order valence-corrected chi connectivity index (χ1v) is 8.88. The van der Waals surface area contributed by atoms with Crippen molar-refractivity contribution in [1.82, 2.24) is 19.3 Å². The molecule has 4 nitrogen and oxygen atoms in total. The molecular weight excluding hydrogens is 292 g/mol. The van der Waals surface area contributed by atoms with E-state index in [9.17, 15) is 0 Å². The van der Waals surface area contributed by atoms with Crippen LogP contribution in [0.1, 0.15) is 49.6 Å². The van der Waals surface area contributed by atoms with Crippen LogP contribution in [0.5, 0.6) is 0 Å². The molecule has 1 fully saturated rings. The minimum absolute atomic E-state index is 0.0672. The van der Waals surface area contributed by atoms with Crippen molar-refractivity contribution < 1.29 is 0 Å². The number of hydrogen-bond acceptors (Lipinski definition) is 3. The van der Waals surface area contributed by atoms with Crippen LogP contribution in [0.15, 0.2) is 0 Å². The van der Waals surface area contributed by atoms with Crippen LogP contribution in [0.25, 0.3) is 11.2 Å². The summed E-state index contributed by atoms with van der Waals surface area (Å²) < 4.78 is 4.33. The zero-order chi connectivity index (χ0) is 14.3. The molecule has 3 heterocycles. The Morgan fingerprint density at radius 1 is 1.50 bits per heavy atom. The fourth-order valence-electron chi connectivity index (χ4n) is 2.99. The molecular formula is C14H21ClN4S. The number of halogens is 1. The number of hydrogen-bond donors (Lipinski definition) is 0. The number of aryl methyl sites for hydroxylation is 2. The number of thioether (sulfide) groups is 1. The molecule has 0 bridgehead atoms. The highest BCUT2D eigenvalue weighted by atomic mass is 35.5. The van der Waals surface area contributed by atoms with E-state index >= 15 is 0 Å². The van der Waals surface area contributed by atoms with Gasteiger partial charge in [0.25, 0.3) is 0 Å². The highest BCUT2D eigenvalue weighted by Gasteiger charge is 2.28. The van der Waals surface area contributed by atoms with Gasteiger partial charge in [-0.05, 0) is 25.5 Å². The van der Waals surface area contributed by atoms with E-state index in [1.54, 1.807) is 0 Å². The highest BCUT2D eigenvalue weighted by molar-refractivity contribution is 7.99. The zero-order valence-electron chi connectivity index (χ0n) is 12.3. The number of fused-ring (bicyclic) bond motifs is 1. The summed E-state index contributed by atoms with van der Waals surface area (Å²) >= 11 is 8.39. The van der Waals surface area contributed by atoms with Crippen LogP contribution in [0, 0.1) is 0 Å². The van der Waals surface area contributed by atoms with Crippen molar-refractivity contribution in [2.24, 2.45) is 7.05 Å². The minimum atomic E-state index is -0.0672. The molecule has 0 amide bonds. The van der Waals surface area contributed by atoms with E-state index < -0.39 is 0 Å². The first kappa shape index (κ1) is 14.3. The van der Waals surface area contributed by atoms with Gasteiger partial charge in [0.2, 0.25) is 0 Å². The number of rotatable bonds is 4. The smallest absolute Gasteiger partial charge is 0.159 e. The average molecular weight is 313 g/mol. The SMILES string of the molecule is CCCc1nn(C)c2c1nc(C(C)Cl)n2C1CCSC1. The summed E-state index contributed by atoms with van der Waals surface area (Å²) in [6.07, 6.45) is 3.26. The van der Waals surface area contributed by atoms with Crippen molar-refractivity contribution in [3.63, 3.8) is 0 Å². The Bertz CT molecular complexity index is 610. The van der Waals surface area contributed by atoms with Gasteiger partial charge in [0.1, 0.15) is 11.3 Å². The third-order valence-electron chi connectivity index (χ3n) is 3.88. The Balaban J connectivity index is 2.20. The highest BCUT2D eigenvalue weighted by Crippen LogP contribution is 2.35. The zero-order valence-corrected chi connectivity index (χ0v) is 13.8. The number of aromatic nitrogens is 4. The van der Waals surface area contributed by atoms with E-state index in [1.807, 2.05) is 30.4 Å². The van der Waals surface area contributed by atoms with Gasteiger partial charge in [-0.3, -0.25) is 4.68 Å². The Kier molecular flexibility index (Phi) is 4.00. The summed E-state index contributed by atoms with van der Waals surface area (Å²) in [7, 11) is 2.02. The van der Waals surface area contributed by atoms with Gasteiger partial charge in [-0.15, -0.1) is 11.6 Å². The predicted molar refractivity (Wildman–Crippen MR) is 85.7 cm³/mol. The summed E-state index contributed by atoms with van der Waals surface area (Å²) in [6, 6.07) is 0.506. The molecule has 1 aliphatic rings. The van der Waals surface area contributed by atoms with Crippen molar-refractivity contribution in [3.8, 4) is 0 Å². The Labute approximate surface area is 128 Å². The van der Waals surface area contributed by atoms with Crippen LogP contribution >= 0.6 is 23.4 Å².